The van der Waals surface area contributed by atoms with Crippen molar-refractivity contribution in [2.24, 2.45) is 0 Å². The minimum Gasteiger partial charge on any atom is -0.320 e. The van der Waals surface area contributed by atoms with Crippen molar-refractivity contribution in [1.29, 1.82) is 0 Å². The van der Waals surface area contributed by atoms with Crippen LogP contribution < -0.4 is 10.2 Å². The third-order valence-corrected chi connectivity index (χ3v) is 6.30. The number of carbonyl (C=O) groups excluding carboxylic acids is 1. The molecule has 0 radical (unpaired) electrons. The second kappa shape index (κ2) is 7.66. The number of nitrogens with zero attached hydrogens (tertiary/aromatic N) is 2. The number of benzene rings is 1. The number of likely N-dealkylation sites (tertiary alicyclic amines) is 1. The number of aromatic nitrogens is 2. The quantitative estimate of drug-likeness (QED) is 0.714. The zero-order valence-electron chi connectivity index (χ0n) is 15.7. The smallest absolute Gasteiger partial charge is 0.279 e. The molecule has 1 aromatic carbocycles. The SMILES string of the molecule is Cc1nn(-c2ccccc2)c(C)c1NC(=O)C[NH+]1CCC[C@H]1c1cccs1. The van der Waals surface area contributed by atoms with Crippen LogP contribution in [0.25, 0.3) is 5.69 Å². The van der Waals surface area contributed by atoms with Crippen LogP contribution in [0.4, 0.5) is 5.69 Å². The van der Waals surface area contributed by atoms with Gasteiger partial charge in [0.25, 0.3) is 5.91 Å². The molecule has 2 N–H and O–H groups in total. The van der Waals surface area contributed by atoms with Crippen LogP contribution in [-0.4, -0.2) is 28.8 Å². The van der Waals surface area contributed by atoms with Gasteiger partial charge in [0.2, 0.25) is 0 Å². The second-order valence-electron chi connectivity index (χ2n) is 7.14. The summed E-state index contributed by atoms with van der Waals surface area (Å²) in [6.07, 6.45) is 2.34. The van der Waals surface area contributed by atoms with Crippen molar-refractivity contribution in [2.45, 2.75) is 32.7 Å². The number of hydrogen-bond donors (Lipinski definition) is 2. The molecule has 27 heavy (non-hydrogen) atoms. The molecule has 1 aliphatic rings. The fraction of sp³-hybridized carbons (Fsp3) is 0.333. The largest absolute Gasteiger partial charge is 0.320 e. The Morgan fingerprint density at radius 2 is 2.07 bits per heavy atom. The van der Waals surface area contributed by atoms with Crippen LogP contribution in [0.1, 0.15) is 35.1 Å². The highest BCUT2D eigenvalue weighted by Crippen LogP contribution is 2.24. The van der Waals surface area contributed by atoms with Gasteiger partial charge in [-0.25, -0.2) is 4.68 Å². The number of nitrogens with one attached hydrogen (secondary N) is 2. The molecule has 1 amide bonds. The molecule has 1 saturated heterocycles. The van der Waals surface area contributed by atoms with Crippen molar-refractivity contribution >= 4 is 22.9 Å². The highest BCUT2D eigenvalue weighted by molar-refractivity contribution is 7.10. The lowest BCUT2D eigenvalue weighted by Gasteiger charge is -2.20. The van der Waals surface area contributed by atoms with E-state index in [1.165, 1.54) is 16.2 Å². The third-order valence-electron chi connectivity index (χ3n) is 5.31. The lowest BCUT2D eigenvalue weighted by atomic mass is 10.2. The predicted molar refractivity (Wildman–Crippen MR) is 109 cm³/mol. The van der Waals surface area contributed by atoms with Gasteiger partial charge in [0, 0.05) is 12.8 Å². The van der Waals surface area contributed by atoms with Gasteiger partial charge in [0.15, 0.2) is 6.54 Å². The molecule has 0 bridgehead atoms. The number of thiophene rings is 1. The summed E-state index contributed by atoms with van der Waals surface area (Å²) in [6.45, 7) is 5.49. The van der Waals surface area contributed by atoms with Gasteiger partial charge in [-0.1, -0.05) is 24.3 Å². The Labute approximate surface area is 163 Å². The average molecular weight is 382 g/mol. The molecule has 3 heterocycles. The van der Waals surface area contributed by atoms with Gasteiger partial charge in [-0.2, -0.15) is 5.10 Å². The standard InChI is InChI=1S/C21H24N4OS/c1-15-21(16(2)25(23-15)17-8-4-3-5-9-17)22-20(26)14-24-12-6-10-18(24)19-11-7-13-27-19/h3-5,7-9,11,13,18H,6,10,12,14H2,1-2H3,(H,22,26)/p+1/t18-/m0/s1. The Hall–Kier alpha value is -2.44. The Bertz CT molecular complexity index is 917. The van der Waals surface area contributed by atoms with Gasteiger partial charge in [-0.05, 0) is 37.4 Å². The highest BCUT2D eigenvalue weighted by Gasteiger charge is 2.32. The number of anilines is 1. The van der Waals surface area contributed by atoms with Crippen molar-refractivity contribution in [3.63, 3.8) is 0 Å². The van der Waals surface area contributed by atoms with Gasteiger partial charge in [-0.15, -0.1) is 11.3 Å². The van der Waals surface area contributed by atoms with E-state index in [1.807, 2.05) is 48.9 Å². The van der Waals surface area contributed by atoms with E-state index >= 15 is 0 Å². The zero-order chi connectivity index (χ0) is 18.8. The van der Waals surface area contributed by atoms with E-state index < -0.39 is 0 Å². The number of para-hydroxylation sites is 1. The first kappa shape index (κ1) is 17.9. The molecule has 1 fully saturated rings. The monoisotopic (exact) mass is 381 g/mol. The topological polar surface area (TPSA) is 51.4 Å². The van der Waals surface area contributed by atoms with Crippen molar-refractivity contribution in [3.8, 4) is 5.69 Å². The maximum atomic E-state index is 12.8. The van der Waals surface area contributed by atoms with Gasteiger partial charge >= 0.3 is 0 Å². The van der Waals surface area contributed by atoms with Crippen LogP contribution in [0.5, 0.6) is 0 Å². The lowest BCUT2D eigenvalue weighted by molar-refractivity contribution is -0.910. The van der Waals surface area contributed by atoms with E-state index in [0.717, 1.165) is 35.7 Å². The molecule has 2 aromatic heterocycles. The summed E-state index contributed by atoms with van der Waals surface area (Å²) in [7, 11) is 0. The normalized spacial score (nSPS) is 19.3. The number of amides is 1. The Balaban J connectivity index is 1.48. The molecule has 140 valence electrons. The van der Waals surface area contributed by atoms with E-state index in [-0.39, 0.29) is 5.91 Å². The molecule has 1 aliphatic heterocycles. The van der Waals surface area contributed by atoms with Crippen molar-refractivity contribution in [1.82, 2.24) is 9.78 Å². The van der Waals surface area contributed by atoms with Gasteiger partial charge in [-0.3, -0.25) is 4.79 Å². The first-order valence-electron chi connectivity index (χ1n) is 9.43. The molecule has 6 heteroatoms. The number of aryl methyl sites for hydroxylation is 1. The number of hydrogen-bond acceptors (Lipinski definition) is 3. The zero-order valence-corrected chi connectivity index (χ0v) is 16.6. The summed E-state index contributed by atoms with van der Waals surface area (Å²) in [6, 6.07) is 14.7. The van der Waals surface area contributed by atoms with Crippen LogP contribution in [0.3, 0.4) is 0 Å². The van der Waals surface area contributed by atoms with E-state index in [9.17, 15) is 4.79 Å². The van der Waals surface area contributed by atoms with E-state index in [2.05, 4.69) is 27.9 Å². The van der Waals surface area contributed by atoms with Gasteiger partial charge in [0.1, 0.15) is 6.04 Å². The van der Waals surface area contributed by atoms with Crippen LogP contribution in [0.2, 0.25) is 0 Å². The summed E-state index contributed by atoms with van der Waals surface area (Å²) in [5, 5.41) is 9.86. The third kappa shape index (κ3) is 3.68. The van der Waals surface area contributed by atoms with Crippen LogP contribution >= 0.6 is 11.3 Å². The van der Waals surface area contributed by atoms with Gasteiger partial charge in [0.05, 0.1) is 34.2 Å². The van der Waals surface area contributed by atoms with Crippen LogP contribution in [-0.2, 0) is 4.79 Å². The molecular formula is C21H25N4OS+. The molecular weight excluding hydrogens is 356 g/mol. The Morgan fingerprint density at radius 3 is 2.81 bits per heavy atom. The molecule has 0 aliphatic carbocycles. The first-order valence-corrected chi connectivity index (χ1v) is 10.3. The Morgan fingerprint density at radius 1 is 1.26 bits per heavy atom. The minimum absolute atomic E-state index is 0.0623. The number of quaternary nitrogens is 1. The summed E-state index contributed by atoms with van der Waals surface area (Å²) in [4.78, 5) is 15.5. The number of rotatable bonds is 5. The highest BCUT2D eigenvalue weighted by atomic mass is 32.1. The lowest BCUT2D eigenvalue weighted by Crippen LogP contribution is -3.11. The number of carbonyl (C=O) groups is 1. The maximum absolute atomic E-state index is 12.8. The predicted octanol–water partition coefficient (Wildman–Crippen LogP) is 2.91. The summed E-state index contributed by atoms with van der Waals surface area (Å²) < 4.78 is 1.89. The van der Waals surface area contributed by atoms with E-state index in [0.29, 0.717) is 12.6 Å². The molecule has 4 rings (SSSR count). The molecule has 0 spiro atoms. The summed E-state index contributed by atoms with van der Waals surface area (Å²) in [5.74, 6) is 0.0623. The average Bonchev–Trinajstić information content (AvgIpc) is 3.40. The van der Waals surface area contributed by atoms with Crippen molar-refractivity contribution < 1.29 is 9.69 Å². The van der Waals surface area contributed by atoms with Crippen LogP contribution in [0, 0.1) is 13.8 Å². The fourth-order valence-electron chi connectivity index (χ4n) is 3.99. The van der Waals surface area contributed by atoms with Crippen molar-refractivity contribution in [2.75, 3.05) is 18.4 Å². The maximum Gasteiger partial charge on any atom is 0.279 e. The van der Waals surface area contributed by atoms with E-state index in [4.69, 9.17) is 0 Å². The van der Waals surface area contributed by atoms with E-state index in [1.54, 1.807) is 11.3 Å². The summed E-state index contributed by atoms with van der Waals surface area (Å²) in [5.41, 5.74) is 3.63. The second-order valence-corrected chi connectivity index (χ2v) is 8.12. The van der Waals surface area contributed by atoms with Crippen molar-refractivity contribution in [3.05, 3.63) is 64.1 Å². The fourth-order valence-corrected chi connectivity index (χ4v) is 4.91. The Kier molecular flexibility index (Phi) is 5.09. The minimum atomic E-state index is 0.0623. The molecule has 3 aromatic rings. The van der Waals surface area contributed by atoms with Crippen LogP contribution in [0.15, 0.2) is 47.8 Å². The first-order chi connectivity index (χ1) is 13.1. The summed E-state index contributed by atoms with van der Waals surface area (Å²) >= 11 is 1.79. The molecule has 5 nitrogen and oxygen atoms in total. The molecule has 1 unspecified atom stereocenters. The van der Waals surface area contributed by atoms with Gasteiger partial charge < -0.3 is 10.2 Å². The molecule has 0 saturated carbocycles. The molecule has 2 atom stereocenters.